The molecule has 2 rings (SSSR count). The number of sulfonamides is 1. The molecule has 1 heterocycles. The lowest BCUT2D eigenvalue weighted by atomic mass is 10.2. The number of halogens is 1. The summed E-state index contributed by atoms with van der Waals surface area (Å²) >= 11 is 5.84. The van der Waals surface area contributed by atoms with E-state index < -0.39 is 10.0 Å². The second-order valence-electron chi connectivity index (χ2n) is 4.30. The van der Waals surface area contributed by atoms with Gasteiger partial charge >= 0.3 is 0 Å². The second kappa shape index (κ2) is 4.57. The van der Waals surface area contributed by atoms with Gasteiger partial charge in [0.15, 0.2) is 0 Å². The van der Waals surface area contributed by atoms with Crippen LogP contribution >= 0.6 is 11.6 Å². The number of nitrogens with one attached hydrogen (secondary N) is 1. The molecule has 17 heavy (non-hydrogen) atoms. The highest BCUT2D eigenvalue weighted by Crippen LogP contribution is 2.29. The Bertz CT molecular complexity index is 493. The highest BCUT2D eigenvalue weighted by molar-refractivity contribution is 7.90. The van der Waals surface area contributed by atoms with Crippen molar-refractivity contribution in [3.05, 3.63) is 29.3 Å². The Morgan fingerprint density at radius 2 is 1.71 bits per heavy atom. The predicted octanol–water partition coefficient (Wildman–Crippen LogP) is 1.21. The first-order valence-corrected chi connectivity index (χ1v) is 7.72. The fourth-order valence-corrected chi connectivity index (χ4v) is 3.73. The lowest BCUT2D eigenvalue weighted by Crippen LogP contribution is -2.62. The average molecular weight is 276 g/mol. The Morgan fingerprint density at radius 3 is 2.18 bits per heavy atom. The Balaban J connectivity index is 2.50. The van der Waals surface area contributed by atoms with Crippen LogP contribution in [0, 0.1) is 0 Å². The molecule has 0 radical (unpaired) electrons. The van der Waals surface area contributed by atoms with Crippen molar-refractivity contribution in [1.82, 2.24) is 9.21 Å². The van der Waals surface area contributed by atoms with Crippen molar-refractivity contribution in [2.24, 2.45) is 0 Å². The SMILES string of the molecule is CS(=O)(=O)[N+]1(c2ccc(Cl)cc2)CCNCC1. The van der Waals surface area contributed by atoms with Gasteiger partial charge in [0.25, 0.3) is 10.0 Å². The largest absolute Gasteiger partial charge is 0.306 e. The summed E-state index contributed by atoms with van der Waals surface area (Å²) in [6.07, 6.45) is 1.30. The third-order valence-corrected chi connectivity index (χ3v) is 5.33. The van der Waals surface area contributed by atoms with Crippen molar-refractivity contribution in [3.63, 3.8) is 0 Å². The van der Waals surface area contributed by atoms with Gasteiger partial charge in [0.05, 0.1) is 6.26 Å². The molecule has 0 aliphatic carbocycles. The van der Waals surface area contributed by atoms with Gasteiger partial charge in [0.1, 0.15) is 18.8 Å². The lowest BCUT2D eigenvalue weighted by molar-refractivity contribution is 0.357. The minimum atomic E-state index is -3.20. The molecule has 0 amide bonds. The number of rotatable bonds is 2. The number of hydrogen-bond donors (Lipinski definition) is 1. The minimum Gasteiger partial charge on any atom is -0.306 e. The maximum absolute atomic E-state index is 12.1. The summed E-state index contributed by atoms with van der Waals surface area (Å²) in [5.41, 5.74) is 0.790. The molecular formula is C11H16ClN2O2S+. The second-order valence-corrected chi connectivity index (χ2v) is 6.90. The van der Waals surface area contributed by atoms with E-state index in [0.29, 0.717) is 31.2 Å². The third kappa shape index (κ3) is 2.33. The van der Waals surface area contributed by atoms with Crippen molar-refractivity contribution < 1.29 is 8.42 Å². The fraction of sp³-hybridized carbons (Fsp3) is 0.455. The molecule has 1 aromatic rings. The Hall–Kier alpha value is -0.620. The molecule has 1 aliphatic rings. The molecule has 0 unspecified atom stereocenters. The molecule has 1 saturated heterocycles. The lowest BCUT2D eigenvalue weighted by Gasteiger charge is -2.38. The van der Waals surface area contributed by atoms with Crippen LogP contribution in [-0.2, 0) is 10.0 Å². The summed E-state index contributed by atoms with van der Waals surface area (Å²) in [6, 6.07) is 7.08. The van der Waals surface area contributed by atoms with Gasteiger partial charge < -0.3 is 5.32 Å². The van der Waals surface area contributed by atoms with E-state index in [-0.39, 0.29) is 3.89 Å². The van der Waals surface area contributed by atoms with E-state index in [9.17, 15) is 8.42 Å². The number of piperazine rings is 1. The standard InChI is InChI=1S/C11H16ClN2O2S/c1-17(15,16)14(8-6-13-7-9-14)11-4-2-10(12)3-5-11/h2-5,13H,6-9H2,1H3/q+1. The molecule has 0 saturated carbocycles. The van der Waals surface area contributed by atoms with Gasteiger partial charge in [-0.25, -0.2) is 0 Å². The van der Waals surface area contributed by atoms with Gasteiger partial charge in [-0.2, -0.15) is 12.3 Å². The smallest absolute Gasteiger partial charge is 0.299 e. The van der Waals surface area contributed by atoms with Crippen LogP contribution in [0.15, 0.2) is 24.3 Å². The molecule has 4 nitrogen and oxygen atoms in total. The summed E-state index contributed by atoms with van der Waals surface area (Å²) in [5, 5.41) is 3.81. The van der Waals surface area contributed by atoms with E-state index in [1.165, 1.54) is 6.26 Å². The summed E-state index contributed by atoms with van der Waals surface area (Å²) in [6.45, 7) is 2.52. The maximum atomic E-state index is 12.1. The van der Waals surface area contributed by atoms with Gasteiger partial charge in [0, 0.05) is 30.2 Å². The zero-order valence-electron chi connectivity index (χ0n) is 9.69. The Labute approximate surface area is 107 Å². The first kappa shape index (κ1) is 12.8. The zero-order valence-corrected chi connectivity index (χ0v) is 11.3. The van der Waals surface area contributed by atoms with E-state index in [4.69, 9.17) is 11.6 Å². The monoisotopic (exact) mass is 275 g/mol. The molecule has 0 spiro atoms. The summed E-state index contributed by atoms with van der Waals surface area (Å²) in [5.74, 6) is 0. The van der Waals surface area contributed by atoms with Crippen molar-refractivity contribution in [2.45, 2.75) is 0 Å². The quantitative estimate of drug-likeness (QED) is 0.826. The topological polar surface area (TPSA) is 46.2 Å². The predicted molar refractivity (Wildman–Crippen MR) is 70.7 cm³/mol. The molecule has 94 valence electrons. The van der Waals surface area contributed by atoms with Crippen molar-refractivity contribution in [2.75, 3.05) is 32.4 Å². The van der Waals surface area contributed by atoms with E-state index >= 15 is 0 Å². The summed E-state index contributed by atoms with van der Waals surface area (Å²) < 4.78 is 24.2. The van der Waals surface area contributed by atoms with E-state index in [0.717, 1.165) is 5.69 Å². The number of hydrogen-bond acceptors (Lipinski definition) is 3. The molecule has 0 aromatic heterocycles. The van der Waals surface area contributed by atoms with E-state index in [2.05, 4.69) is 5.32 Å². The van der Waals surface area contributed by atoms with Gasteiger partial charge in [0.2, 0.25) is 0 Å². The van der Waals surface area contributed by atoms with Crippen molar-refractivity contribution in [1.29, 1.82) is 0 Å². The van der Waals surface area contributed by atoms with Crippen LogP contribution in [-0.4, -0.2) is 40.9 Å². The highest BCUT2D eigenvalue weighted by Gasteiger charge is 2.41. The normalized spacial score (nSPS) is 20.1. The molecule has 1 aliphatic heterocycles. The van der Waals surface area contributed by atoms with Crippen molar-refractivity contribution >= 4 is 27.3 Å². The van der Waals surface area contributed by atoms with Crippen LogP contribution in [0.2, 0.25) is 5.02 Å². The minimum absolute atomic E-state index is 0.0111. The fourth-order valence-electron chi connectivity index (χ4n) is 2.25. The first-order valence-electron chi connectivity index (χ1n) is 5.50. The molecule has 1 aromatic carbocycles. The van der Waals surface area contributed by atoms with Gasteiger partial charge in [-0.1, -0.05) is 11.6 Å². The van der Waals surface area contributed by atoms with Gasteiger partial charge in [-0.3, -0.25) is 0 Å². The highest BCUT2D eigenvalue weighted by atomic mass is 35.5. The maximum Gasteiger partial charge on any atom is 0.299 e. The van der Waals surface area contributed by atoms with Crippen LogP contribution in [0.25, 0.3) is 0 Å². The molecular weight excluding hydrogens is 260 g/mol. The third-order valence-electron chi connectivity index (χ3n) is 3.23. The van der Waals surface area contributed by atoms with Crippen LogP contribution in [0.5, 0.6) is 0 Å². The van der Waals surface area contributed by atoms with E-state index in [1.54, 1.807) is 24.3 Å². The molecule has 0 atom stereocenters. The molecule has 1 N–H and O–H groups in total. The summed E-state index contributed by atoms with van der Waals surface area (Å²) in [4.78, 5) is 0. The number of benzene rings is 1. The molecule has 1 fully saturated rings. The number of quaternary nitrogens is 1. The molecule has 0 bridgehead atoms. The van der Waals surface area contributed by atoms with Crippen LogP contribution in [0.1, 0.15) is 0 Å². The first-order chi connectivity index (χ1) is 7.96. The van der Waals surface area contributed by atoms with Crippen LogP contribution in [0.3, 0.4) is 0 Å². The molecule has 6 heteroatoms. The Kier molecular flexibility index (Phi) is 3.45. The Morgan fingerprint density at radius 1 is 1.18 bits per heavy atom. The zero-order chi connectivity index (χ0) is 12.5. The van der Waals surface area contributed by atoms with E-state index in [1.807, 2.05) is 0 Å². The van der Waals surface area contributed by atoms with Crippen molar-refractivity contribution in [3.8, 4) is 0 Å². The van der Waals surface area contributed by atoms with Crippen LogP contribution < -0.4 is 9.21 Å². The average Bonchev–Trinajstić information content (AvgIpc) is 2.29. The number of nitrogens with zero attached hydrogens (tertiary/aromatic N) is 1. The van der Waals surface area contributed by atoms with Gasteiger partial charge in [-0.15, -0.1) is 0 Å². The summed E-state index contributed by atoms with van der Waals surface area (Å²) in [7, 11) is -3.20. The van der Waals surface area contributed by atoms with Crippen LogP contribution in [0.4, 0.5) is 5.69 Å². The van der Waals surface area contributed by atoms with Gasteiger partial charge in [-0.05, 0) is 12.1 Å².